The van der Waals surface area contributed by atoms with Gasteiger partial charge in [0.1, 0.15) is 11.6 Å². The van der Waals surface area contributed by atoms with Crippen LogP contribution in [0.2, 0.25) is 0 Å². The van der Waals surface area contributed by atoms with Crippen molar-refractivity contribution in [1.29, 1.82) is 0 Å². The minimum absolute atomic E-state index is 0.144. The van der Waals surface area contributed by atoms with Crippen LogP contribution in [0.25, 0.3) is 0 Å². The molecule has 1 heterocycles. The number of aliphatic hydroxyl groups excluding tert-OH is 1. The Balaban J connectivity index is 2.20. The highest BCUT2D eigenvalue weighted by atomic mass is 16.3. The molecular weight excluding hydrogens is 216 g/mol. The van der Waals surface area contributed by atoms with Crippen molar-refractivity contribution in [3.63, 3.8) is 0 Å². The summed E-state index contributed by atoms with van der Waals surface area (Å²) in [4.78, 5) is 4.35. The fraction of sp³-hybridized carbons (Fsp3) is 0.833. The predicted molar refractivity (Wildman–Crippen MR) is 65.9 cm³/mol. The van der Waals surface area contributed by atoms with Crippen LogP contribution in [0.4, 0.5) is 0 Å². The van der Waals surface area contributed by atoms with E-state index in [1.165, 1.54) is 0 Å². The minimum atomic E-state index is -0.144. The van der Waals surface area contributed by atoms with Crippen molar-refractivity contribution < 1.29 is 5.11 Å². The Hall–Kier alpha value is -0.940. The van der Waals surface area contributed by atoms with Gasteiger partial charge < -0.3 is 10.4 Å². The van der Waals surface area contributed by atoms with Gasteiger partial charge in [0.15, 0.2) is 0 Å². The highest BCUT2D eigenvalue weighted by molar-refractivity contribution is 4.98. The number of aryl methyl sites for hydroxylation is 2. The van der Waals surface area contributed by atoms with E-state index in [1.807, 2.05) is 25.6 Å². The summed E-state index contributed by atoms with van der Waals surface area (Å²) in [5, 5.41) is 17.3. The molecule has 0 aliphatic heterocycles. The molecule has 0 spiro atoms. The number of nitrogens with one attached hydrogen (secondary N) is 1. The van der Waals surface area contributed by atoms with Crippen LogP contribution in [0.15, 0.2) is 0 Å². The van der Waals surface area contributed by atoms with Crippen LogP contribution in [0, 0.1) is 13.8 Å². The Bertz CT molecular complexity index is 384. The summed E-state index contributed by atoms with van der Waals surface area (Å²) in [5.41, 5.74) is -0.144. The van der Waals surface area contributed by atoms with Crippen LogP contribution in [0.3, 0.4) is 0 Å². The zero-order chi connectivity index (χ0) is 12.5. The standard InChI is InChI=1S/C12H22N4O/c1-9-14-10(2)16(15-9)11-5-4-6-12(7-11,8-17)13-3/h11,13,17H,4-8H2,1-3H3. The highest BCUT2D eigenvalue weighted by Crippen LogP contribution is 2.35. The average molecular weight is 238 g/mol. The zero-order valence-corrected chi connectivity index (χ0v) is 10.9. The molecule has 5 nitrogen and oxygen atoms in total. The van der Waals surface area contributed by atoms with Crippen molar-refractivity contribution in [2.24, 2.45) is 0 Å². The molecule has 1 saturated carbocycles. The van der Waals surface area contributed by atoms with Crippen LogP contribution < -0.4 is 5.32 Å². The average Bonchev–Trinajstić information content (AvgIpc) is 2.68. The van der Waals surface area contributed by atoms with Crippen molar-refractivity contribution in [3.05, 3.63) is 11.6 Å². The Labute approximate surface area is 102 Å². The minimum Gasteiger partial charge on any atom is -0.394 e. The molecule has 0 amide bonds. The molecule has 0 saturated heterocycles. The second-order valence-corrected chi connectivity index (χ2v) is 5.09. The van der Waals surface area contributed by atoms with Crippen LogP contribution in [0.1, 0.15) is 43.4 Å². The molecule has 96 valence electrons. The van der Waals surface area contributed by atoms with E-state index >= 15 is 0 Å². The molecule has 0 aromatic carbocycles. The predicted octanol–water partition coefficient (Wildman–Crippen LogP) is 0.961. The molecule has 2 rings (SSSR count). The molecule has 1 aromatic rings. The first kappa shape index (κ1) is 12.5. The largest absolute Gasteiger partial charge is 0.394 e. The van der Waals surface area contributed by atoms with Crippen molar-refractivity contribution >= 4 is 0 Å². The summed E-state index contributed by atoms with van der Waals surface area (Å²) < 4.78 is 2.02. The lowest BCUT2D eigenvalue weighted by atomic mass is 9.79. The number of aromatic nitrogens is 3. The first-order valence-corrected chi connectivity index (χ1v) is 6.30. The maximum absolute atomic E-state index is 9.57. The summed E-state index contributed by atoms with van der Waals surface area (Å²) in [5.74, 6) is 1.80. The third kappa shape index (κ3) is 2.35. The van der Waals surface area contributed by atoms with Gasteiger partial charge in [-0.3, -0.25) is 0 Å². The molecule has 17 heavy (non-hydrogen) atoms. The monoisotopic (exact) mass is 238 g/mol. The van der Waals surface area contributed by atoms with Gasteiger partial charge in [0.2, 0.25) is 0 Å². The van der Waals surface area contributed by atoms with Crippen LogP contribution >= 0.6 is 0 Å². The molecule has 2 N–H and O–H groups in total. The van der Waals surface area contributed by atoms with E-state index in [4.69, 9.17) is 0 Å². The summed E-state index contributed by atoms with van der Waals surface area (Å²) in [6, 6.07) is 0.351. The molecule has 1 aliphatic rings. The van der Waals surface area contributed by atoms with E-state index < -0.39 is 0 Å². The first-order valence-electron chi connectivity index (χ1n) is 6.30. The van der Waals surface area contributed by atoms with Crippen molar-refractivity contribution in [1.82, 2.24) is 20.1 Å². The number of aliphatic hydroxyl groups is 1. The van der Waals surface area contributed by atoms with Gasteiger partial charge in [-0.2, -0.15) is 5.10 Å². The van der Waals surface area contributed by atoms with Crippen LogP contribution in [0.5, 0.6) is 0 Å². The van der Waals surface area contributed by atoms with E-state index in [1.54, 1.807) is 0 Å². The lowest BCUT2D eigenvalue weighted by Crippen LogP contribution is -2.50. The molecule has 0 bridgehead atoms. The Morgan fingerprint density at radius 2 is 2.29 bits per heavy atom. The molecule has 2 unspecified atom stereocenters. The second kappa shape index (κ2) is 4.74. The van der Waals surface area contributed by atoms with Gasteiger partial charge in [0.05, 0.1) is 12.6 Å². The van der Waals surface area contributed by atoms with Crippen molar-refractivity contribution in [2.45, 2.75) is 51.1 Å². The fourth-order valence-electron chi connectivity index (χ4n) is 2.87. The van der Waals surface area contributed by atoms with Gasteiger partial charge in [0, 0.05) is 5.54 Å². The number of likely N-dealkylation sites (N-methyl/N-ethyl adjacent to an activating group) is 1. The van der Waals surface area contributed by atoms with E-state index in [-0.39, 0.29) is 12.1 Å². The summed E-state index contributed by atoms with van der Waals surface area (Å²) in [7, 11) is 1.93. The zero-order valence-electron chi connectivity index (χ0n) is 10.9. The third-order valence-corrected chi connectivity index (χ3v) is 3.91. The normalized spacial score (nSPS) is 29.5. The van der Waals surface area contributed by atoms with E-state index in [2.05, 4.69) is 15.4 Å². The van der Waals surface area contributed by atoms with Crippen molar-refractivity contribution in [3.8, 4) is 0 Å². The fourth-order valence-corrected chi connectivity index (χ4v) is 2.87. The summed E-state index contributed by atoms with van der Waals surface area (Å²) in [6.45, 7) is 4.10. The SMILES string of the molecule is CNC1(CO)CCCC(n2nc(C)nc2C)C1. The highest BCUT2D eigenvalue weighted by Gasteiger charge is 2.36. The smallest absolute Gasteiger partial charge is 0.147 e. The number of hydrogen-bond donors (Lipinski definition) is 2. The maximum Gasteiger partial charge on any atom is 0.147 e. The molecule has 2 atom stereocenters. The van der Waals surface area contributed by atoms with Gasteiger partial charge in [0.25, 0.3) is 0 Å². The maximum atomic E-state index is 9.57. The molecular formula is C12H22N4O. The topological polar surface area (TPSA) is 63.0 Å². The van der Waals surface area contributed by atoms with Crippen molar-refractivity contribution in [2.75, 3.05) is 13.7 Å². The first-order chi connectivity index (χ1) is 8.10. The second-order valence-electron chi connectivity index (χ2n) is 5.09. The molecule has 5 heteroatoms. The van der Waals surface area contributed by atoms with Gasteiger partial charge >= 0.3 is 0 Å². The molecule has 1 aliphatic carbocycles. The lowest BCUT2D eigenvalue weighted by molar-refractivity contribution is 0.100. The summed E-state index contributed by atoms with van der Waals surface area (Å²) >= 11 is 0. The molecule has 1 fully saturated rings. The van der Waals surface area contributed by atoms with E-state index in [0.29, 0.717) is 6.04 Å². The number of hydrogen-bond acceptors (Lipinski definition) is 4. The Kier molecular flexibility index (Phi) is 3.49. The third-order valence-electron chi connectivity index (χ3n) is 3.91. The van der Waals surface area contributed by atoms with E-state index in [9.17, 15) is 5.11 Å². The quantitative estimate of drug-likeness (QED) is 0.823. The van der Waals surface area contributed by atoms with Gasteiger partial charge in [-0.05, 0) is 46.6 Å². The lowest BCUT2D eigenvalue weighted by Gasteiger charge is -2.39. The number of rotatable bonds is 3. The van der Waals surface area contributed by atoms with Gasteiger partial charge in [-0.1, -0.05) is 0 Å². The van der Waals surface area contributed by atoms with Gasteiger partial charge in [-0.25, -0.2) is 9.67 Å². The van der Waals surface area contributed by atoms with E-state index in [0.717, 1.165) is 37.3 Å². The summed E-state index contributed by atoms with van der Waals surface area (Å²) in [6.07, 6.45) is 4.18. The Morgan fingerprint density at radius 1 is 1.53 bits per heavy atom. The molecule has 0 radical (unpaired) electrons. The number of nitrogens with zero attached hydrogens (tertiary/aromatic N) is 3. The molecule has 1 aromatic heterocycles. The van der Waals surface area contributed by atoms with Crippen LogP contribution in [-0.4, -0.2) is 39.1 Å². The van der Waals surface area contributed by atoms with Crippen LogP contribution in [-0.2, 0) is 0 Å². The Morgan fingerprint density at radius 3 is 2.82 bits per heavy atom. The van der Waals surface area contributed by atoms with Gasteiger partial charge in [-0.15, -0.1) is 0 Å².